The lowest BCUT2D eigenvalue weighted by Gasteiger charge is -2.38. The summed E-state index contributed by atoms with van der Waals surface area (Å²) >= 11 is 0. The second kappa shape index (κ2) is 8.38. The van der Waals surface area contributed by atoms with E-state index in [4.69, 9.17) is 15.5 Å². The molecule has 8 nitrogen and oxygen atoms in total. The number of carbonyl (C=O) groups excluding carboxylic acids is 1. The third-order valence-corrected chi connectivity index (χ3v) is 5.92. The van der Waals surface area contributed by atoms with Crippen molar-refractivity contribution >= 4 is 17.4 Å². The number of ether oxygens (including phenoxy) is 1. The minimum absolute atomic E-state index is 0.0168. The average Bonchev–Trinajstić information content (AvgIpc) is 3.20. The normalized spacial score (nSPS) is 15.8. The highest BCUT2D eigenvalue weighted by Crippen LogP contribution is 2.33. The summed E-state index contributed by atoms with van der Waals surface area (Å²) < 4.78 is 21.0. The Morgan fingerprint density at radius 1 is 1.16 bits per heavy atom. The number of methoxy groups -OCH3 is 1. The van der Waals surface area contributed by atoms with E-state index in [1.165, 1.54) is 12.1 Å². The van der Waals surface area contributed by atoms with E-state index in [2.05, 4.69) is 10.00 Å². The van der Waals surface area contributed by atoms with Crippen LogP contribution < -0.4 is 15.4 Å². The van der Waals surface area contributed by atoms with Crippen LogP contribution in [0.3, 0.4) is 0 Å². The molecule has 1 fully saturated rings. The number of rotatable bonds is 4. The lowest BCUT2D eigenvalue weighted by molar-refractivity contribution is -0.135. The zero-order chi connectivity index (χ0) is 23.0. The van der Waals surface area contributed by atoms with Gasteiger partial charge in [0.15, 0.2) is 5.65 Å². The van der Waals surface area contributed by atoms with E-state index in [0.717, 1.165) is 5.82 Å². The molecule has 2 N–H and O–H groups in total. The van der Waals surface area contributed by atoms with Gasteiger partial charge in [0.05, 0.1) is 24.9 Å². The maximum Gasteiger partial charge on any atom is 0.240 e. The van der Waals surface area contributed by atoms with E-state index in [-0.39, 0.29) is 17.1 Å². The van der Waals surface area contributed by atoms with Crippen molar-refractivity contribution < 1.29 is 13.9 Å². The van der Waals surface area contributed by atoms with Crippen LogP contribution in [0.2, 0.25) is 0 Å². The molecular weight excluding hydrogens is 411 g/mol. The number of amides is 1. The number of carbonyl (C=O) groups is 1. The topological polar surface area (TPSA) is 89.0 Å². The fourth-order valence-corrected chi connectivity index (χ4v) is 3.84. The van der Waals surface area contributed by atoms with Gasteiger partial charge < -0.3 is 20.3 Å². The van der Waals surface area contributed by atoms with E-state index in [0.29, 0.717) is 48.7 Å². The number of hydrogen-bond donors (Lipinski definition) is 1. The molecule has 2 aromatic heterocycles. The molecule has 0 saturated carbocycles. The van der Waals surface area contributed by atoms with E-state index < -0.39 is 6.04 Å². The predicted molar refractivity (Wildman–Crippen MR) is 121 cm³/mol. The average molecular weight is 441 g/mol. The molecular formula is C23H29FN6O2. The van der Waals surface area contributed by atoms with Crippen LogP contribution in [-0.4, -0.2) is 64.7 Å². The lowest BCUT2D eigenvalue weighted by Crippen LogP contribution is -2.56. The van der Waals surface area contributed by atoms with Crippen molar-refractivity contribution in [3.05, 3.63) is 42.5 Å². The first-order chi connectivity index (χ1) is 15.2. The highest BCUT2D eigenvalue weighted by Gasteiger charge is 2.32. The van der Waals surface area contributed by atoms with Gasteiger partial charge in [-0.25, -0.2) is 13.9 Å². The van der Waals surface area contributed by atoms with Crippen molar-refractivity contribution in [2.45, 2.75) is 26.8 Å². The summed E-state index contributed by atoms with van der Waals surface area (Å²) in [5.41, 5.74) is 7.78. The number of piperazine rings is 1. The Labute approximate surface area is 186 Å². The van der Waals surface area contributed by atoms with Gasteiger partial charge in [0.1, 0.15) is 17.4 Å². The molecule has 0 aliphatic carbocycles. The molecule has 0 unspecified atom stereocenters. The summed E-state index contributed by atoms with van der Waals surface area (Å²) in [7, 11) is 1.55. The molecule has 9 heteroatoms. The molecule has 0 bridgehead atoms. The SMILES string of the molecule is COc1ccc(F)cc1-c1cnn2ccc(N3CCN(C(=O)[C@@H](N)C(C)(C)C)CC3)nc12. The van der Waals surface area contributed by atoms with Gasteiger partial charge in [-0.15, -0.1) is 0 Å². The Kier molecular flexibility index (Phi) is 5.77. The molecule has 1 amide bonds. The van der Waals surface area contributed by atoms with E-state index in [1.54, 1.807) is 23.9 Å². The number of anilines is 1. The summed E-state index contributed by atoms with van der Waals surface area (Å²) in [4.78, 5) is 21.5. The van der Waals surface area contributed by atoms with Crippen molar-refractivity contribution in [1.29, 1.82) is 0 Å². The Morgan fingerprint density at radius 2 is 1.88 bits per heavy atom. The van der Waals surface area contributed by atoms with Crippen molar-refractivity contribution in [3.8, 4) is 16.9 Å². The first kappa shape index (κ1) is 22.0. The number of benzene rings is 1. The van der Waals surface area contributed by atoms with Gasteiger partial charge in [0, 0.05) is 37.9 Å². The standard InChI is InChI=1S/C23H29FN6O2/c1-23(2,3)20(25)22(31)29-11-9-28(10-12-29)19-7-8-30-21(27-19)17(14-26-30)16-13-15(24)5-6-18(16)32-4/h5-8,13-14,20H,9-12,25H2,1-4H3/t20-/m1/s1. The first-order valence-electron chi connectivity index (χ1n) is 10.7. The molecule has 1 saturated heterocycles. The van der Waals surface area contributed by atoms with Gasteiger partial charge in [-0.05, 0) is 29.7 Å². The fourth-order valence-electron chi connectivity index (χ4n) is 3.84. The second-order valence-corrected chi connectivity index (χ2v) is 9.11. The molecule has 1 aromatic carbocycles. The maximum absolute atomic E-state index is 13.9. The van der Waals surface area contributed by atoms with Gasteiger partial charge in [0.25, 0.3) is 0 Å². The smallest absolute Gasteiger partial charge is 0.240 e. The summed E-state index contributed by atoms with van der Waals surface area (Å²) in [6.07, 6.45) is 3.49. The number of hydrogen-bond acceptors (Lipinski definition) is 6. The molecule has 1 atom stereocenters. The van der Waals surface area contributed by atoms with Gasteiger partial charge >= 0.3 is 0 Å². The van der Waals surface area contributed by atoms with E-state index in [1.807, 2.05) is 37.9 Å². The van der Waals surface area contributed by atoms with Gasteiger partial charge in [-0.3, -0.25) is 4.79 Å². The van der Waals surface area contributed by atoms with Crippen LogP contribution >= 0.6 is 0 Å². The molecule has 1 aliphatic rings. The Bertz CT molecular complexity index is 1130. The second-order valence-electron chi connectivity index (χ2n) is 9.11. The van der Waals surface area contributed by atoms with E-state index >= 15 is 0 Å². The van der Waals surface area contributed by atoms with Crippen LogP contribution in [0.15, 0.2) is 36.7 Å². The quantitative estimate of drug-likeness (QED) is 0.671. The first-order valence-corrected chi connectivity index (χ1v) is 10.7. The summed E-state index contributed by atoms with van der Waals surface area (Å²) in [6, 6.07) is 5.74. The van der Waals surface area contributed by atoms with Crippen molar-refractivity contribution in [2.75, 3.05) is 38.2 Å². The van der Waals surface area contributed by atoms with Gasteiger partial charge in [-0.1, -0.05) is 20.8 Å². The highest BCUT2D eigenvalue weighted by atomic mass is 19.1. The van der Waals surface area contributed by atoms with Crippen molar-refractivity contribution in [1.82, 2.24) is 19.5 Å². The molecule has 0 spiro atoms. The molecule has 3 aromatic rings. The van der Waals surface area contributed by atoms with Crippen LogP contribution in [0.1, 0.15) is 20.8 Å². The van der Waals surface area contributed by atoms with Crippen LogP contribution in [0.5, 0.6) is 5.75 Å². The third-order valence-electron chi connectivity index (χ3n) is 5.92. The van der Waals surface area contributed by atoms with Crippen molar-refractivity contribution in [2.24, 2.45) is 11.1 Å². The van der Waals surface area contributed by atoms with Gasteiger partial charge in [-0.2, -0.15) is 5.10 Å². The lowest BCUT2D eigenvalue weighted by atomic mass is 9.86. The fraction of sp³-hybridized carbons (Fsp3) is 0.435. The molecule has 4 rings (SSSR count). The minimum atomic E-state index is -0.529. The van der Waals surface area contributed by atoms with E-state index in [9.17, 15) is 9.18 Å². The zero-order valence-corrected chi connectivity index (χ0v) is 18.9. The number of nitrogens with zero attached hydrogens (tertiary/aromatic N) is 5. The van der Waals surface area contributed by atoms with Crippen LogP contribution in [0.4, 0.5) is 10.2 Å². The van der Waals surface area contributed by atoms with Crippen LogP contribution in [-0.2, 0) is 4.79 Å². The molecule has 1 aliphatic heterocycles. The molecule has 170 valence electrons. The number of aromatic nitrogens is 3. The van der Waals surface area contributed by atoms with Crippen LogP contribution in [0, 0.1) is 11.2 Å². The monoisotopic (exact) mass is 440 g/mol. The number of halogens is 1. The van der Waals surface area contributed by atoms with Gasteiger partial charge in [0.2, 0.25) is 5.91 Å². The maximum atomic E-state index is 13.9. The van der Waals surface area contributed by atoms with Crippen LogP contribution in [0.25, 0.3) is 16.8 Å². The Hall–Kier alpha value is -3.20. The molecule has 3 heterocycles. The number of fused-ring (bicyclic) bond motifs is 1. The highest BCUT2D eigenvalue weighted by molar-refractivity contribution is 5.83. The summed E-state index contributed by atoms with van der Waals surface area (Å²) in [5.74, 6) is 0.958. The van der Waals surface area contributed by atoms with Crippen molar-refractivity contribution in [3.63, 3.8) is 0 Å². The number of nitrogens with two attached hydrogens (primary N) is 1. The Morgan fingerprint density at radius 3 is 2.53 bits per heavy atom. The Balaban J connectivity index is 1.57. The largest absolute Gasteiger partial charge is 0.496 e. The molecule has 32 heavy (non-hydrogen) atoms. The zero-order valence-electron chi connectivity index (χ0n) is 18.9. The summed E-state index contributed by atoms with van der Waals surface area (Å²) in [6.45, 7) is 8.39. The summed E-state index contributed by atoms with van der Waals surface area (Å²) in [5, 5.41) is 4.35. The predicted octanol–water partition coefficient (Wildman–Crippen LogP) is 2.57. The third kappa shape index (κ3) is 4.12. The molecule has 0 radical (unpaired) electrons. The minimum Gasteiger partial charge on any atom is -0.496 e.